The minimum Gasteiger partial charge on any atom is -0.299 e. The molecule has 0 bridgehead atoms. The molecule has 0 radical (unpaired) electrons. The highest BCUT2D eigenvalue weighted by Crippen LogP contribution is 2.04. The van der Waals surface area contributed by atoms with Crippen LogP contribution in [0.15, 0.2) is 12.2 Å². The SMILES string of the molecule is O=CC=CCCCCCCBr. The first kappa shape index (κ1) is 10.9. The van der Waals surface area contributed by atoms with E-state index in [-0.39, 0.29) is 0 Å². The second-order valence-corrected chi connectivity index (χ2v) is 3.25. The van der Waals surface area contributed by atoms with Crippen molar-refractivity contribution >= 4 is 22.2 Å². The maximum absolute atomic E-state index is 9.85. The summed E-state index contributed by atoms with van der Waals surface area (Å²) in [6.45, 7) is 0. The Morgan fingerprint density at radius 2 is 1.82 bits per heavy atom. The van der Waals surface area contributed by atoms with Crippen LogP contribution in [0.1, 0.15) is 32.1 Å². The van der Waals surface area contributed by atoms with Gasteiger partial charge < -0.3 is 0 Å². The fourth-order valence-electron chi connectivity index (χ4n) is 0.862. The summed E-state index contributed by atoms with van der Waals surface area (Å²) < 4.78 is 0. The van der Waals surface area contributed by atoms with E-state index in [0.29, 0.717) is 0 Å². The van der Waals surface area contributed by atoms with E-state index in [4.69, 9.17) is 0 Å². The molecule has 0 fully saturated rings. The third-order valence-corrected chi connectivity index (χ3v) is 2.03. The molecule has 0 aliphatic rings. The van der Waals surface area contributed by atoms with Crippen LogP contribution in [-0.2, 0) is 4.79 Å². The van der Waals surface area contributed by atoms with Gasteiger partial charge in [-0.2, -0.15) is 0 Å². The molecule has 0 spiro atoms. The summed E-state index contributed by atoms with van der Waals surface area (Å²) in [6, 6.07) is 0. The lowest BCUT2D eigenvalue weighted by Crippen LogP contribution is -1.77. The Morgan fingerprint density at radius 1 is 1.09 bits per heavy atom. The number of hydrogen-bond donors (Lipinski definition) is 0. The number of alkyl halides is 1. The molecule has 2 heteroatoms. The first-order valence-corrected chi connectivity index (χ1v) is 5.20. The largest absolute Gasteiger partial charge is 0.299 e. The number of aldehydes is 1. The van der Waals surface area contributed by atoms with Gasteiger partial charge in [0.15, 0.2) is 0 Å². The molecule has 0 rings (SSSR count). The van der Waals surface area contributed by atoms with Crippen molar-refractivity contribution in [1.82, 2.24) is 0 Å². The van der Waals surface area contributed by atoms with E-state index in [1.807, 2.05) is 6.08 Å². The molecule has 0 amide bonds. The van der Waals surface area contributed by atoms with Gasteiger partial charge in [-0.1, -0.05) is 34.8 Å². The van der Waals surface area contributed by atoms with Crippen LogP contribution < -0.4 is 0 Å². The van der Waals surface area contributed by atoms with Gasteiger partial charge in [0, 0.05) is 5.33 Å². The van der Waals surface area contributed by atoms with E-state index >= 15 is 0 Å². The maximum atomic E-state index is 9.85. The van der Waals surface area contributed by atoms with Gasteiger partial charge in [-0.15, -0.1) is 0 Å². The van der Waals surface area contributed by atoms with Crippen LogP contribution >= 0.6 is 15.9 Å². The molecular weight excluding hydrogens is 204 g/mol. The summed E-state index contributed by atoms with van der Waals surface area (Å²) in [5.41, 5.74) is 0. The molecule has 0 aromatic heterocycles. The number of rotatable bonds is 7. The van der Waals surface area contributed by atoms with Crippen molar-refractivity contribution in [1.29, 1.82) is 0 Å². The Kier molecular flexibility index (Phi) is 9.79. The van der Waals surface area contributed by atoms with Crippen LogP contribution in [0.4, 0.5) is 0 Å². The summed E-state index contributed by atoms with van der Waals surface area (Å²) >= 11 is 3.38. The fourth-order valence-corrected chi connectivity index (χ4v) is 1.26. The molecule has 0 saturated heterocycles. The molecule has 0 atom stereocenters. The first-order chi connectivity index (χ1) is 5.41. The van der Waals surface area contributed by atoms with Crippen LogP contribution in [0, 0.1) is 0 Å². The van der Waals surface area contributed by atoms with Gasteiger partial charge in [-0.3, -0.25) is 4.79 Å². The lowest BCUT2D eigenvalue weighted by atomic mass is 10.1. The number of allylic oxidation sites excluding steroid dienone is 2. The molecule has 0 N–H and O–H groups in total. The van der Waals surface area contributed by atoms with Crippen molar-refractivity contribution in [2.45, 2.75) is 32.1 Å². The van der Waals surface area contributed by atoms with Crippen molar-refractivity contribution in [3.05, 3.63) is 12.2 Å². The van der Waals surface area contributed by atoms with Crippen molar-refractivity contribution in [2.24, 2.45) is 0 Å². The molecular formula is C9H15BrO. The Labute approximate surface area is 77.0 Å². The minimum atomic E-state index is 0.832. The number of unbranched alkanes of at least 4 members (excludes halogenated alkanes) is 4. The predicted octanol–water partition coefficient (Wildman–Crippen LogP) is 3.09. The quantitative estimate of drug-likeness (QED) is 0.278. The molecule has 0 aromatic carbocycles. The highest BCUT2D eigenvalue weighted by Gasteiger charge is 1.85. The number of halogens is 1. The first-order valence-electron chi connectivity index (χ1n) is 4.08. The van der Waals surface area contributed by atoms with Gasteiger partial charge in [0.05, 0.1) is 0 Å². The number of hydrogen-bond acceptors (Lipinski definition) is 1. The monoisotopic (exact) mass is 218 g/mol. The predicted molar refractivity (Wildman–Crippen MR) is 52.1 cm³/mol. The third-order valence-electron chi connectivity index (χ3n) is 1.47. The van der Waals surface area contributed by atoms with Gasteiger partial charge in [0.1, 0.15) is 6.29 Å². The summed E-state index contributed by atoms with van der Waals surface area (Å²) in [4.78, 5) is 9.85. The third kappa shape index (κ3) is 9.89. The molecule has 0 aliphatic heterocycles. The van der Waals surface area contributed by atoms with E-state index < -0.39 is 0 Å². The molecule has 0 unspecified atom stereocenters. The smallest absolute Gasteiger partial charge is 0.142 e. The van der Waals surface area contributed by atoms with Crippen LogP contribution in [-0.4, -0.2) is 11.6 Å². The number of carbonyl (C=O) groups excluding carboxylic acids is 1. The summed E-state index contributed by atoms with van der Waals surface area (Å²) in [5.74, 6) is 0. The van der Waals surface area contributed by atoms with E-state index in [0.717, 1.165) is 18.0 Å². The molecule has 1 nitrogen and oxygen atoms in total. The van der Waals surface area contributed by atoms with Crippen molar-refractivity contribution in [3.8, 4) is 0 Å². The molecule has 0 heterocycles. The Morgan fingerprint density at radius 3 is 2.45 bits per heavy atom. The van der Waals surface area contributed by atoms with Gasteiger partial charge in [-0.05, 0) is 25.3 Å². The highest BCUT2D eigenvalue weighted by molar-refractivity contribution is 9.09. The Bertz CT molecular complexity index is 110. The molecule has 0 aromatic rings. The lowest BCUT2D eigenvalue weighted by Gasteiger charge is -1.94. The van der Waals surface area contributed by atoms with E-state index in [1.165, 1.54) is 25.7 Å². The standard InChI is InChI=1S/C9H15BrO/c10-8-6-4-2-1-3-5-7-9-11/h5,7,9H,1-4,6,8H2. The highest BCUT2D eigenvalue weighted by atomic mass is 79.9. The van der Waals surface area contributed by atoms with E-state index in [9.17, 15) is 4.79 Å². The zero-order valence-corrected chi connectivity index (χ0v) is 8.35. The van der Waals surface area contributed by atoms with Gasteiger partial charge in [0.25, 0.3) is 0 Å². The fraction of sp³-hybridized carbons (Fsp3) is 0.667. The van der Waals surface area contributed by atoms with Crippen molar-refractivity contribution in [2.75, 3.05) is 5.33 Å². The van der Waals surface area contributed by atoms with E-state index in [1.54, 1.807) is 6.08 Å². The second kappa shape index (κ2) is 9.89. The Hall–Kier alpha value is -0.110. The summed E-state index contributed by atoms with van der Waals surface area (Å²) in [7, 11) is 0. The molecule has 64 valence electrons. The van der Waals surface area contributed by atoms with Crippen LogP contribution in [0.2, 0.25) is 0 Å². The molecule has 0 saturated carbocycles. The zero-order chi connectivity index (χ0) is 8.36. The molecule has 11 heavy (non-hydrogen) atoms. The van der Waals surface area contributed by atoms with Gasteiger partial charge in [-0.25, -0.2) is 0 Å². The van der Waals surface area contributed by atoms with Crippen molar-refractivity contribution in [3.63, 3.8) is 0 Å². The van der Waals surface area contributed by atoms with Crippen LogP contribution in [0.3, 0.4) is 0 Å². The number of carbonyl (C=O) groups is 1. The normalized spacial score (nSPS) is 10.6. The van der Waals surface area contributed by atoms with Gasteiger partial charge in [0.2, 0.25) is 0 Å². The minimum absolute atomic E-state index is 0.832. The second-order valence-electron chi connectivity index (χ2n) is 2.46. The van der Waals surface area contributed by atoms with Gasteiger partial charge >= 0.3 is 0 Å². The zero-order valence-electron chi connectivity index (χ0n) is 6.76. The van der Waals surface area contributed by atoms with Crippen LogP contribution in [0.25, 0.3) is 0 Å². The molecule has 0 aliphatic carbocycles. The average molecular weight is 219 g/mol. The lowest BCUT2D eigenvalue weighted by molar-refractivity contribution is -0.104. The average Bonchev–Trinajstić information content (AvgIpc) is 2.03. The summed E-state index contributed by atoms with van der Waals surface area (Å²) in [5, 5.41) is 1.11. The van der Waals surface area contributed by atoms with Crippen LogP contribution in [0.5, 0.6) is 0 Å². The van der Waals surface area contributed by atoms with E-state index in [2.05, 4.69) is 15.9 Å². The van der Waals surface area contributed by atoms with Crippen molar-refractivity contribution < 1.29 is 4.79 Å². The summed E-state index contributed by atoms with van der Waals surface area (Å²) in [6.07, 6.45) is 10.4. The maximum Gasteiger partial charge on any atom is 0.142 e. The topological polar surface area (TPSA) is 17.1 Å². The Balaban J connectivity index is 2.90.